The van der Waals surface area contributed by atoms with Crippen LogP contribution in [0.1, 0.15) is 35.9 Å². The number of methoxy groups -OCH3 is 1. The van der Waals surface area contributed by atoms with E-state index in [1.807, 2.05) is 24.3 Å². The summed E-state index contributed by atoms with van der Waals surface area (Å²) in [6, 6.07) is 9.16. The van der Waals surface area contributed by atoms with Crippen molar-refractivity contribution in [3.8, 4) is 0 Å². The average Bonchev–Trinajstić information content (AvgIpc) is 3.04. The molecule has 0 fully saturated rings. The number of carbonyl (C=O) groups excluding carboxylic acids is 2. The predicted molar refractivity (Wildman–Crippen MR) is 101 cm³/mol. The third-order valence-corrected chi connectivity index (χ3v) is 5.19. The van der Waals surface area contributed by atoms with Gasteiger partial charge in [0.15, 0.2) is 0 Å². The molecule has 0 aliphatic carbocycles. The third kappa shape index (κ3) is 5.14. The summed E-state index contributed by atoms with van der Waals surface area (Å²) in [7, 11) is 1.42. The van der Waals surface area contributed by atoms with Crippen LogP contribution in [-0.2, 0) is 27.3 Å². The van der Waals surface area contributed by atoms with E-state index in [1.54, 1.807) is 11.3 Å². The number of ketones is 1. The van der Waals surface area contributed by atoms with Gasteiger partial charge >= 0.3 is 5.97 Å². The summed E-state index contributed by atoms with van der Waals surface area (Å²) in [5.74, 6) is -0.0956. The van der Waals surface area contributed by atoms with E-state index in [9.17, 15) is 9.59 Å². The first kappa shape index (κ1) is 19.6. The molecule has 0 radical (unpaired) electrons. The molecule has 4 nitrogen and oxygen atoms in total. The van der Waals surface area contributed by atoms with Gasteiger partial charge in [-0.15, -0.1) is 11.3 Å². The zero-order chi connectivity index (χ0) is 18.4. The van der Waals surface area contributed by atoms with Gasteiger partial charge in [0.1, 0.15) is 11.8 Å². The third-order valence-electron chi connectivity index (χ3n) is 3.83. The molecular formula is C19H22ClNO3S. The lowest BCUT2D eigenvalue weighted by Crippen LogP contribution is -2.38. The smallest absolute Gasteiger partial charge is 0.327 e. The van der Waals surface area contributed by atoms with Crippen molar-refractivity contribution in [2.75, 3.05) is 13.7 Å². The summed E-state index contributed by atoms with van der Waals surface area (Å²) in [6.45, 7) is 4.64. The SMILES string of the molecule is CC(C)=O.COC(=O)[C@H](c1ccccc1Cl)N1CCc2sccc2C1. The number of halogens is 1. The lowest BCUT2D eigenvalue weighted by atomic mass is 10.0. The van der Waals surface area contributed by atoms with Gasteiger partial charge in [0, 0.05) is 23.0 Å². The van der Waals surface area contributed by atoms with Crippen LogP contribution in [0.5, 0.6) is 0 Å². The quantitative estimate of drug-likeness (QED) is 0.747. The molecule has 0 N–H and O–H groups in total. The highest BCUT2D eigenvalue weighted by molar-refractivity contribution is 7.10. The summed E-state index contributed by atoms with van der Waals surface area (Å²) in [5.41, 5.74) is 2.11. The van der Waals surface area contributed by atoms with Gasteiger partial charge < -0.3 is 9.53 Å². The Labute approximate surface area is 157 Å². The first-order valence-electron chi connectivity index (χ1n) is 8.02. The van der Waals surface area contributed by atoms with Crippen molar-refractivity contribution in [1.29, 1.82) is 0 Å². The Kier molecular flexibility index (Phi) is 7.17. The zero-order valence-corrected chi connectivity index (χ0v) is 16.2. The first-order chi connectivity index (χ1) is 11.9. The standard InChI is InChI=1S/C16H16ClNO2S.C3H6O/c1-20-16(19)15(12-4-2-3-5-13(12)17)18-8-6-14-11(10-18)7-9-21-14;1-3(2)4/h2-5,7,9,15H,6,8,10H2,1H3;1-2H3/t15-;/m0./s1. The minimum Gasteiger partial charge on any atom is -0.468 e. The number of thiophene rings is 1. The van der Waals surface area contributed by atoms with Crippen molar-refractivity contribution in [3.05, 3.63) is 56.7 Å². The highest BCUT2D eigenvalue weighted by Crippen LogP contribution is 2.33. The number of fused-ring (bicyclic) bond motifs is 1. The highest BCUT2D eigenvalue weighted by atomic mass is 35.5. The number of hydrogen-bond donors (Lipinski definition) is 0. The number of nitrogens with zero attached hydrogens (tertiary/aromatic N) is 1. The second-order valence-corrected chi connectivity index (χ2v) is 7.35. The van der Waals surface area contributed by atoms with Crippen LogP contribution in [0.3, 0.4) is 0 Å². The summed E-state index contributed by atoms with van der Waals surface area (Å²) in [5, 5.41) is 2.71. The maximum Gasteiger partial charge on any atom is 0.327 e. The minimum atomic E-state index is -0.447. The monoisotopic (exact) mass is 379 g/mol. The molecule has 6 heteroatoms. The number of ether oxygens (including phenoxy) is 1. The maximum atomic E-state index is 12.3. The fourth-order valence-corrected chi connectivity index (χ4v) is 3.90. The lowest BCUT2D eigenvalue weighted by Gasteiger charge is -2.33. The fraction of sp³-hybridized carbons (Fsp3) is 0.368. The molecule has 1 aromatic carbocycles. The van der Waals surface area contributed by atoms with Gasteiger partial charge in [-0.3, -0.25) is 4.90 Å². The van der Waals surface area contributed by atoms with E-state index < -0.39 is 6.04 Å². The normalized spacial score (nSPS) is 14.7. The molecule has 0 spiro atoms. The van der Waals surface area contributed by atoms with Crippen molar-refractivity contribution < 1.29 is 14.3 Å². The second-order valence-electron chi connectivity index (χ2n) is 5.94. The van der Waals surface area contributed by atoms with Crippen molar-refractivity contribution >= 4 is 34.7 Å². The number of rotatable bonds is 3. The van der Waals surface area contributed by atoms with E-state index in [4.69, 9.17) is 16.3 Å². The predicted octanol–water partition coefficient (Wildman–Crippen LogP) is 4.27. The van der Waals surface area contributed by atoms with Gasteiger partial charge in [0.2, 0.25) is 0 Å². The number of carbonyl (C=O) groups is 2. The molecule has 2 heterocycles. The van der Waals surface area contributed by atoms with E-state index in [0.717, 1.165) is 25.1 Å². The van der Waals surface area contributed by atoms with Crippen LogP contribution in [0, 0.1) is 0 Å². The van der Waals surface area contributed by atoms with Crippen LogP contribution in [0.15, 0.2) is 35.7 Å². The largest absolute Gasteiger partial charge is 0.468 e. The van der Waals surface area contributed by atoms with Gasteiger partial charge in [-0.25, -0.2) is 4.79 Å². The second kappa shape index (κ2) is 9.13. The van der Waals surface area contributed by atoms with E-state index in [0.29, 0.717) is 5.02 Å². The van der Waals surface area contributed by atoms with Crippen molar-refractivity contribution in [3.63, 3.8) is 0 Å². The highest BCUT2D eigenvalue weighted by Gasteiger charge is 2.32. The fourth-order valence-electron chi connectivity index (χ4n) is 2.77. The summed E-state index contributed by atoms with van der Waals surface area (Å²) >= 11 is 8.07. The van der Waals surface area contributed by atoms with Crippen LogP contribution >= 0.6 is 22.9 Å². The molecule has 2 aromatic rings. The van der Waals surface area contributed by atoms with Gasteiger partial charge in [-0.2, -0.15) is 0 Å². The number of esters is 1. The van der Waals surface area contributed by atoms with Crippen LogP contribution in [0.2, 0.25) is 5.02 Å². The molecule has 0 saturated heterocycles. The van der Waals surface area contributed by atoms with Crippen LogP contribution < -0.4 is 0 Å². The minimum absolute atomic E-state index is 0.167. The summed E-state index contributed by atoms with van der Waals surface area (Å²) in [6.07, 6.45) is 0.963. The molecular weight excluding hydrogens is 358 g/mol. The summed E-state index contributed by atoms with van der Waals surface area (Å²) < 4.78 is 5.01. The Hall–Kier alpha value is -1.69. The number of hydrogen-bond acceptors (Lipinski definition) is 5. The molecule has 0 saturated carbocycles. The topological polar surface area (TPSA) is 46.6 Å². The Balaban J connectivity index is 0.000000511. The van der Waals surface area contributed by atoms with Gasteiger partial charge in [-0.1, -0.05) is 29.8 Å². The Morgan fingerprint density at radius 2 is 1.92 bits per heavy atom. The van der Waals surface area contributed by atoms with E-state index in [2.05, 4.69) is 16.3 Å². The summed E-state index contributed by atoms with van der Waals surface area (Å²) in [4.78, 5) is 25.3. The van der Waals surface area contributed by atoms with Gasteiger partial charge in [0.05, 0.1) is 7.11 Å². The van der Waals surface area contributed by atoms with Crippen molar-refractivity contribution in [2.24, 2.45) is 0 Å². The average molecular weight is 380 g/mol. The molecule has 1 atom stereocenters. The maximum absolute atomic E-state index is 12.3. The zero-order valence-electron chi connectivity index (χ0n) is 14.6. The Morgan fingerprint density at radius 3 is 2.56 bits per heavy atom. The molecule has 134 valence electrons. The van der Waals surface area contributed by atoms with E-state index >= 15 is 0 Å². The molecule has 1 aliphatic rings. The molecule has 0 amide bonds. The van der Waals surface area contributed by atoms with Crippen LogP contribution in [0.4, 0.5) is 0 Å². The number of Topliss-reactive ketones (excluding diaryl/α,β-unsaturated/α-hetero) is 1. The van der Waals surface area contributed by atoms with Crippen molar-refractivity contribution in [1.82, 2.24) is 4.90 Å². The Bertz CT molecular complexity index is 740. The van der Waals surface area contributed by atoms with E-state index in [1.165, 1.54) is 31.4 Å². The molecule has 0 unspecified atom stereocenters. The molecule has 0 bridgehead atoms. The number of benzene rings is 1. The van der Waals surface area contributed by atoms with Gasteiger partial charge in [-0.05, 0) is 48.9 Å². The molecule has 1 aromatic heterocycles. The molecule has 3 rings (SSSR count). The molecule has 25 heavy (non-hydrogen) atoms. The van der Waals surface area contributed by atoms with Crippen LogP contribution in [-0.4, -0.2) is 30.3 Å². The van der Waals surface area contributed by atoms with Crippen molar-refractivity contribution in [2.45, 2.75) is 32.9 Å². The van der Waals surface area contributed by atoms with Crippen LogP contribution in [0.25, 0.3) is 0 Å². The lowest BCUT2D eigenvalue weighted by molar-refractivity contribution is -0.147. The first-order valence-corrected chi connectivity index (χ1v) is 9.28. The van der Waals surface area contributed by atoms with E-state index in [-0.39, 0.29) is 11.8 Å². The Morgan fingerprint density at radius 1 is 1.24 bits per heavy atom. The van der Waals surface area contributed by atoms with Gasteiger partial charge in [0.25, 0.3) is 0 Å². The molecule has 1 aliphatic heterocycles.